The maximum Gasteiger partial charge on any atom is 0.123 e. The molecule has 1 unspecified atom stereocenters. The molecule has 3 aromatic rings. The Kier molecular flexibility index (Phi) is 5.82. The van der Waals surface area contributed by atoms with Crippen LogP contribution in [0.4, 0.5) is 0 Å². The van der Waals surface area contributed by atoms with Crippen molar-refractivity contribution in [1.29, 1.82) is 0 Å². The summed E-state index contributed by atoms with van der Waals surface area (Å²) in [7, 11) is 1.75. The van der Waals surface area contributed by atoms with Crippen LogP contribution in [0.2, 0.25) is 0 Å². The van der Waals surface area contributed by atoms with Crippen molar-refractivity contribution >= 4 is 11.3 Å². The Morgan fingerprint density at radius 3 is 2.81 bits per heavy atom. The van der Waals surface area contributed by atoms with Crippen LogP contribution in [0, 0.1) is 0 Å². The number of benzene rings is 2. The monoisotopic (exact) mass is 379 g/mol. The summed E-state index contributed by atoms with van der Waals surface area (Å²) in [6, 6.07) is 19.2. The molecule has 1 fully saturated rings. The number of aromatic nitrogens is 1. The molecule has 140 valence electrons. The van der Waals surface area contributed by atoms with Crippen molar-refractivity contribution in [2.45, 2.75) is 19.0 Å². The third kappa shape index (κ3) is 4.38. The van der Waals surface area contributed by atoms with Crippen LogP contribution in [0.3, 0.4) is 0 Å². The van der Waals surface area contributed by atoms with Crippen molar-refractivity contribution in [2.75, 3.05) is 26.7 Å². The van der Waals surface area contributed by atoms with E-state index in [2.05, 4.69) is 58.1 Å². The van der Waals surface area contributed by atoms with Crippen molar-refractivity contribution in [1.82, 2.24) is 15.2 Å². The van der Waals surface area contributed by atoms with Gasteiger partial charge in [-0.3, -0.25) is 4.90 Å². The highest BCUT2D eigenvalue weighted by atomic mass is 32.1. The zero-order valence-electron chi connectivity index (χ0n) is 15.6. The lowest BCUT2D eigenvalue weighted by Crippen LogP contribution is -2.45. The number of hydrogen-bond acceptors (Lipinski definition) is 5. The number of hydrogen-bond donors (Lipinski definition) is 1. The zero-order valence-corrected chi connectivity index (χ0v) is 16.4. The van der Waals surface area contributed by atoms with E-state index in [1.165, 1.54) is 16.1 Å². The largest absolute Gasteiger partial charge is 0.496 e. The van der Waals surface area contributed by atoms with Crippen molar-refractivity contribution in [2.24, 2.45) is 0 Å². The quantitative estimate of drug-likeness (QED) is 0.705. The number of ether oxygens (including phenoxy) is 1. The molecule has 4 nitrogen and oxygen atoms in total. The summed E-state index contributed by atoms with van der Waals surface area (Å²) < 4.78 is 5.60. The maximum absolute atomic E-state index is 5.60. The Bertz CT molecular complexity index is 865. The molecule has 0 amide bonds. The van der Waals surface area contributed by atoms with Gasteiger partial charge in [0.2, 0.25) is 0 Å². The summed E-state index contributed by atoms with van der Waals surface area (Å²) in [5.74, 6) is 0.958. The molecule has 1 aliphatic rings. The second-order valence-corrected chi connectivity index (χ2v) is 7.77. The van der Waals surface area contributed by atoms with Crippen LogP contribution in [-0.2, 0) is 13.0 Å². The van der Waals surface area contributed by atoms with Gasteiger partial charge in [-0.15, -0.1) is 11.3 Å². The fraction of sp³-hybridized carbons (Fsp3) is 0.318. The Labute approximate surface area is 164 Å². The van der Waals surface area contributed by atoms with Crippen LogP contribution >= 0.6 is 11.3 Å². The number of thiazole rings is 1. The first kappa shape index (κ1) is 18.2. The first-order valence-electron chi connectivity index (χ1n) is 9.38. The van der Waals surface area contributed by atoms with Crippen LogP contribution in [0.1, 0.15) is 27.9 Å². The second-order valence-electron chi connectivity index (χ2n) is 6.83. The van der Waals surface area contributed by atoms with Gasteiger partial charge in [-0.2, -0.15) is 0 Å². The smallest absolute Gasteiger partial charge is 0.123 e. The van der Waals surface area contributed by atoms with Gasteiger partial charge in [-0.1, -0.05) is 48.5 Å². The molecule has 2 aromatic carbocycles. The van der Waals surface area contributed by atoms with Gasteiger partial charge in [0.1, 0.15) is 5.75 Å². The Hall–Kier alpha value is -2.21. The number of rotatable bonds is 6. The fourth-order valence-corrected chi connectivity index (χ4v) is 4.48. The molecule has 1 N–H and O–H groups in total. The van der Waals surface area contributed by atoms with E-state index in [9.17, 15) is 0 Å². The molecule has 0 radical (unpaired) electrons. The van der Waals surface area contributed by atoms with Gasteiger partial charge in [0, 0.05) is 43.5 Å². The molecule has 27 heavy (non-hydrogen) atoms. The average molecular weight is 380 g/mol. The molecular formula is C22H25N3OS. The summed E-state index contributed by atoms with van der Waals surface area (Å²) in [5.41, 5.74) is 3.71. The minimum atomic E-state index is 0.300. The molecule has 2 heterocycles. The molecule has 0 bridgehead atoms. The zero-order chi connectivity index (χ0) is 18.5. The number of nitrogens with one attached hydrogen (secondary N) is 1. The summed E-state index contributed by atoms with van der Waals surface area (Å²) in [4.78, 5) is 7.41. The van der Waals surface area contributed by atoms with Crippen molar-refractivity contribution in [3.05, 3.63) is 81.8 Å². The third-order valence-electron chi connectivity index (χ3n) is 5.01. The number of nitrogens with zero attached hydrogens (tertiary/aromatic N) is 2. The number of para-hydroxylation sites is 1. The molecule has 1 aliphatic heterocycles. The number of methoxy groups -OCH3 is 1. The molecular weight excluding hydrogens is 354 g/mol. The Morgan fingerprint density at radius 2 is 1.96 bits per heavy atom. The van der Waals surface area contributed by atoms with Gasteiger partial charge in [0.25, 0.3) is 0 Å². The summed E-state index contributed by atoms with van der Waals surface area (Å²) in [5, 5.41) is 6.91. The van der Waals surface area contributed by atoms with E-state index in [-0.39, 0.29) is 0 Å². The standard InChI is InChI=1S/C22H25N3OS/c1-26-21-10-6-5-9-19(21)20-14-23-11-12-25(20)15-18-16-27-22(24-18)13-17-7-3-2-4-8-17/h2-10,16,20,23H,11-15H2,1H3. The summed E-state index contributed by atoms with van der Waals surface area (Å²) in [6.45, 7) is 3.82. The van der Waals surface area contributed by atoms with Gasteiger partial charge in [0.15, 0.2) is 0 Å². The maximum atomic E-state index is 5.60. The van der Waals surface area contributed by atoms with Crippen LogP contribution in [0.15, 0.2) is 60.0 Å². The van der Waals surface area contributed by atoms with Crippen molar-refractivity contribution in [3.63, 3.8) is 0 Å². The molecule has 1 saturated heterocycles. The summed E-state index contributed by atoms with van der Waals surface area (Å²) >= 11 is 1.76. The van der Waals surface area contributed by atoms with E-state index < -0.39 is 0 Å². The van der Waals surface area contributed by atoms with Crippen molar-refractivity contribution in [3.8, 4) is 5.75 Å². The Morgan fingerprint density at radius 1 is 1.15 bits per heavy atom. The topological polar surface area (TPSA) is 37.4 Å². The second kappa shape index (κ2) is 8.65. The van der Waals surface area contributed by atoms with E-state index in [0.717, 1.165) is 44.0 Å². The first-order valence-corrected chi connectivity index (χ1v) is 10.3. The van der Waals surface area contributed by atoms with E-state index in [1.54, 1.807) is 18.4 Å². The molecule has 0 saturated carbocycles. The van der Waals surface area contributed by atoms with Gasteiger partial charge in [0.05, 0.1) is 23.9 Å². The van der Waals surface area contributed by atoms with Gasteiger partial charge >= 0.3 is 0 Å². The fourth-order valence-electron chi connectivity index (χ4n) is 3.67. The normalized spacial score (nSPS) is 17.7. The average Bonchev–Trinajstić information content (AvgIpc) is 3.16. The minimum absolute atomic E-state index is 0.300. The van der Waals surface area contributed by atoms with Gasteiger partial charge in [-0.05, 0) is 11.6 Å². The van der Waals surface area contributed by atoms with Crippen LogP contribution in [0.25, 0.3) is 0 Å². The highest BCUT2D eigenvalue weighted by Crippen LogP contribution is 2.31. The summed E-state index contributed by atoms with van der Waals surface area (Å²) in [6.07, 6.45) is 0.906. The van der Waals surface area contributed by atoms with Crippen LogP contribution in [0.5, 0.6) is 5.75 Å². The van der Waals surface area contributed by atoms with Gasteiger partial charge < -0.3 is 10.1 Å². The molecule has 0 aliphatic carbocycles. The van der Waals surface area contributed by atoms with E-state index >= 15 is 0 Å². The van der Waals surface area contributed by atoms with E-state index in [0.29, 0.717) is 6.04 Å². The molecule has 0 spiro atoms. The Balaban J connectivity index is 1.49. The van der Waals surface area contributed by atoms with Crippen LogP contribution in [-0.4, -0.2) is 36.6 Å². The van der Waals surface area contributed by atoms with E-state index in [4.69, 9.17) is 9.72 Å². The predicted molar refractivity (Wildman–Crippen MR) is 110 cm³/mol. The molecule has 1 atom stereocenters. The lowest BCUT2D eigenvalue weighted by atomic mass is 10.0. The van der Waals surface area contributed by atoms with Crippen LogP contribution < -0.4 is 10.1 Å². The highest BCUT2D eigenvalue weighted by molar-refractivity contribution is 7.09. The minimum Gasteiger partial charge on any atom is -0.496 e. The van der Waals surface area contributed by atoms with Crippen molar-refractivity contribution < 1.29 is 4.74 Å². The lowest BCUT2D eigenvalue weighted by molar-refractivity contribution is 0.149. The highest BCUT2D eigenvalue weighted by Gasteiger charge is 2.26. The molecule has 5 heteroatoms. The van der Waals surface area contributed by atoms with E-state index in [1.807, 2.05) is 12.1 Å². The molecule has 1 aromatic heterocycles. The SMILES string of the molecule is COc1ccccc1C1CNCCN1Cc1csc(Cc2ccccc2)n1. The number of piperazine rings is 1. The predicted octanol–water partition coefficient (Wildman–Crippen LogP) is 3.89. The first-order chi connectivity index (χ1) is 13.3. The van der Waals surface area contributed by atoms with Gasteiger partial charge in [-0.25, -0.2) is 4.98 Å². The third-order valence-corrected chi connectivity index (χ3v) is 5.91. The lowest BCUT2D eigenvalue weighted by Gasteiger charge is -2.36. The molecule has 4 rings (SSSR count).